The van der Waals surface area contributed by atoms with Crippen molar-refractivity contribution in [3.8, 4) is 0 Å². The summed E-state index contributed by atoms with van der Waals surface area (Å²) in [4.78, 5) is 0. The highest BCUT2D eigenvalue weighted by Crippen LogP contribution is 2.68. The van der Waals surface area contributed by atoms with Crippen molar-refractivity contribution in [3.05, 3.63) is 11.8 Å². The van der Waals surface area contributed by atoms with E-state index < -0.39 is 13.7 Å². The maximum Gasteiger partial charge on any atom is 0.0886 e. The molecule has 0 aliphatic heterocycles. The summed E-state index contributed by atoms with van der Waals surface area (Å²) in [7, 11) is -1.13. The predicted octanol–water partition coefficient (Wildman–Crippen LogP) is 7.18. The van der Waals surface area contributed by atoms with Crippen LogP contribution in [-0.4, -0.2) is 23.9 Å². The summed E-state index contributed by atoms with van der Waals surface area (Å²) in [5, 5.41) is 21.7. The average molecular weight is 419 g/mol. The fourth-order valence-electron chi connectivity index (χ4n) is 8.69. The lowest BCUT2D eigenvalue weighted by molar-refractivity contribution is -0.128. The van der Waals surface area contributed by atoms with E-state index in [1.165, 1.54) is 44.6 Å². The Kier molecular flexibility index (Phi) is 5.38. The third kappa shape index (κ3) is 3.67. The van der Waals surface area contributed by atoms with E-state index in [1.807, 2.05) is 0 Å². The predicted molar refractivity (Wildman–Crippen MR) is 125 cm³/mol. The lowest BCUT2D eigenvalue weighted by Crippen LogP contribution is -2.54. The van der Waals surface area contributed by atoms with Gasteiger partial charge in [0, 0.05) is 14.5 Å². The van der Waals surface area contributed by atoms with Crippen molar-refractivity contribution in [1.29, 1.82) is 0 Å². The second-order valence-corrected chi connectivity index (χ2v) is 19.0. The molecule has 0 radical (unpaired) electrons. The minimum atomic E-state index is -1.13. The molecule has 0 aromatic rings. The van der Waals surface area contributed by atoms with Crippen LogP contribution >= 0.6 is 0 Å². The van der Waals surface area contributed by atoms with E-state index >= 15 is 0 Å². The molecule has 2 nitrogen and oxygen atoms in total. The third-order valence-corrected chi connectivity index (χ3v) is 12.2. The standard InChI is InChI=1S/C26H46O2Si/c1-24-13-11-19(27)17-18(24)7-8-20-21-9-10-23(25(21,2)14-12-22(20)24)26(3,28)15-16-29(4,5)6/h11,18,20-23,27-28H,7-10,12-17H2,1-6H3/t18?,20-,21-,22-,23-,24-,25-,26+/m0/s1. The van der Waals surface area contributed by atoms with Gasteiger partial charge in [0.25, 0.3) is 0 Å². The molecule has 3 fully saturated rings. The molecule has 1 unspecified atom stereocenters. The Morgan fingerprint density at radius 1 is 1.03 bits per heavy atom. The SMILES string of the molecule is C[C@]12CC[C@H]3[C@@H](CCC4CC(O)=CC[C@@]43C)[C@@H]1CC[C@@H]2[C@](C)(O)CC[Si](C)(C)C. The van der Waals surface area contributed by atoms with Crippen LogP contribution in [0.3, 0.4) is 0 Å². The zero-order valence-electron chi connectivity index (χ0n) is 19.9. The van der Waals surface area contributed by atoms with Crippen molar-refractivity contribution < 1.29 is 10.2 Å². The molecule has 0 amide bonds. The molecule has 3 heteroatoms. The van der Waals surface area contributed by atoms with E-state index in [-0.39, 0.29) is 0 Å². The van der Waals surface area contributed by atoms with Gasteiger partial charge in [-0.05, 0) is 105 Å². The van der Waals surface area contributed by atoms with E-state index in [0.717, 1.165) is 37.0 Å². The Morgan fingerprint density at radius 2 is 1.72 bits per heavy atom. The summed E-state index contributed by atoms with van der Waals surface area (Å²) in [5.74, 6) is 4.23. The topological polar surface area (TPSA) is 40.5 Å². The van der Waals surface area contributed by atoms with E-state index in [9.17, 15) is 10.2 Å². The molecule has 0 aromatic carbocycles. The molecule has 2 N–H and O–H groups in total. The van der Waals surface area contributed by atoms with Crippen LogP contribution in [-0.2, 0) is 0 Å². The molecule has 29 heavy (non-hydrogen) atoms. The fourth-order valence-corrected chi connectivity index (χ4v) is 9.94. The fraction of sp³-hybridized carbons (Fsp3) is 0.923. The van der Waals surface area contributed by atoms with Gasteiger partial charge in [-0.1, -0.05) is 39.5 Å². The van der Waals surface area contributed by atoms with Gasteiger partial charge in [0.1, 0.15) is 0 Å². The van der Waals surface area contributed by atoms with Crippen LogP contribution in [0.5, 0.6) is 0 Å². The molecule has 4 aliphatic carbocycles. The summed E-state index contributed by atoms with van der Waals surface area (Å²) in [6.45, 7) is 14.6. The number of allylic oxidation sites excluding steroid dienone is 2. The van der Waals surface area contributed by atoms with Crippen LogP contribution < -0.4 is 0 Å². The average Bonchev–Trinajstić information content (AvgIpc) is 2.98. The first-order valence-electron chi connectivity index (χ1n) is 12.5. The minimum absolute atomic E-state index is 0.319. The largest absolute Gasteiger partial charge is 0.513 e. The molecule has 0 saturated heterocycles. The summed E-state index contributed by atoms with van der Waals surface area (Å²) in [5.41, 5.74) is 0.200. The summed E-state index contributed by atoms with van der Waals surface area (Å²) >= 11 is 0. The quantitative estimate of drug-likeness (QED) is 0.475. The van der Waals surface area contributed by atoms with Crippen molar-refractivity contribution in [2.24, 2.45) is 40.4 Å². The molecule has 8 atom stereocenters. The highest BCUT2D eigenvalue weighted by molar-refractivity contribution is 6.76. The van der Waals surface area contributed by atoms with Gasteiger partial charge in [-0.25, -0.2) is 0 Å². The third-order valence-electron chi connectivity index (χ3n) is 10.4. The van der Waals surface area contributed by atoms with Crippen LogP contribution in [0.1, 0.15) is 78.6 Å². The molecule has 0 aromatic heterocycles. The van der Waals surface area contributed by atoms with E-state index in [2.05, 4.69) is 46.5 Å². The molecule has 0 bridgehead atoms. The Bertz CT molecular complexity index is 662. The highest BCUT2D eigenvalue weighted by atomic mass is 28.3. The molecule has 166 valence electrons. The van der Waals surface area contributed by atoms with Crippen LogP contribution in [0.4, 0.5) is 0 Å². The van der Waals surface area contributed by atoms with Gasteiger partial charge in [-0.3, -0.25) is 0 Å². The van der Waals surface area contributed by atoms with Crippen molar-refractivity contribution in [2.45, 2.75) is 110 Å². The number of aliphatic hydroxyl groups excluding tert-OH is 1. The van der Waals surface area contributed by atoms with Gasteiger partial charge in [0.05, 0.1) is 11.4 Å². The monoisotopic (exact) mass is 418 g/mol. The Morgan fingerprint density at radius 3 is 2.41 bits per heavy atom. The van der Waals surface area contributed by atoms with E-state index in [1.54, 1.807) is 0 Å². The Balaban J connectivity index is 1.54. The lowest BCUT2D eigenvalue weighted by Gasteiger charge is -2.60. The van der Waals surface area contributed by atoms with Crippen LogP contribution in [0, 0.1) is 40.4 Å². The van der Waals surface area contributed by atoms with Crippen molar-refractivity contribution >= 4 is 8.07 Å². The van der Waals surface area contributed by atoms with Crippen LogP contribution in [0.25, 0.3) is 0 Å². The van der Waals surface area contributed by atoms with Gasteiger partial charge in [-0.15, -0.1) is 0 Å². The van der Waals surface area contributed by atoms with E-state index in [4.69, 9.17) is 0 Å². The number of fused-ring (bicyclic) bond motifs is 5. The van der Waals surface area contributed by atoms with Crippen molar-refractivity contribution in [1.82, 2.24) is 0 Å². The molecule has 4 rings (SSSR count). The molecule has 3 saturated carbocycles. The lowest BCUT2D eigenvalue weighted by atomic mass is 9.45. The zero-order valence-corrected chi connectivity index (χ0v) is 20.9. The maximum atomic E-state index is 11.6. The first kappa shape index (κ1) is 21.9. The number of rotatable bonds is 4. The smallest absolute Gasteiger partial charge is 0.0886 e. The van der Waals surface area contributed by atoms with Crippen molar-refractivity contribution in [2.75, 3.05) is 0 Å². The van der Waals surface area contributed by atoms with Gasteiger partial charge >= 0.3 is 0 Å². The molecule has 4 aliphatic rings. The number of hydrogen-bond acceptors (Lipinski definition) is 2. The second kappa shape index (κ2) is 7.12. The first-order chi connectivity index (χ1) is 13.4. The summed E-state index contributed by atoms with van der Waals surface area (Å²) in [6.07, 6.45) is 12.9. The highest BCUT2D eigenvalue weighted by Gasteiger charge is 2.62. The van der Waals surface area contributed by atoms with Gasteiger partial charge < -0.3 is 10.2 Å². The van der Waals surface area contributed by atoms with E-state index in [0.29, 0.717) is 28.4 Å². The van der Waals surface area contributed by atoms with Crippen molar-refractivity contribution in [3.63, 3.8) is 0 Å². The van der Waals surface area contributed by atoms with Crippen LogP contribution in [0.2, 0.25) is 25.7 Å². The van der Waals surface area contributed by atoms with Gasteiger partial charge in [0.2, 0.25) is 0 Å². The molecule has 0 heterocycles. The normalized spacial score (nSPS) is 46.9. The van der Waals surface area contributed by atoms with Crippen LogP contribution in [0.15, 0.2) is 11.8 Å². The van der Waals surface area contributed by atoms with Gasteiger partial charge in [0.15, 0.2) is 0 Å². The Labute approximate surface area is 180 Å². The molecular formula is C26H46O2Si. The maximum absolute atomic E-state index is 11.6. The molecular weight excluding hydrogens is 372 g/mol. The number of aliphatic hydroxyl groups is 2. The van der Waals surface area contributed by atoms with Gasteiger partial charge in [-0.2, -0.15) is 0 Å². The zero-order chi connectivity index (χ0) is 21.2. The number of hydrogen-bond donors (Lipinski definition) is 2. The summed E-state index contributed by atoms with van der Waals surface area (Å²) in [6, 6.07) is 1.23. The minimum Gasteiger partial charge on any atom is -0.513 e. The molecule has 0 spiro atoms. The second-order valence-electron chi connectivity index (χ2n) is 13.4. The summed E-state index contributed by atoms with van der Waals surface area (Å²) < 4.78 is 0. The first-order valence-corrected chi connectivity index (χ1v) is 16.2. The Hall–Kier alpha value is -0.283.